The van der Waals surface area contributed by atoms with Gasteiger partial charge in [0.2, 0.25) is 17.7 Å². The summed E-state index contributed by atoms with van der Waals surface area (Å²) in [5.41, 5.74) is 1.03. The smallest absolute Gasteiger partial charge is 0.242 e. The van der Waals surface area contributed by atoms with Crippen molar-refractivity contribution in [2.45, 2.75) is 76.8 Å². The summed E-state index contributed by atoms with van der Waals surface area (Å²) in [4.78, 5) is 42.0. The van der Waals surface area contributed by atoms with Gasteiger partial charge in [0.25, 0.3) is 0 Å². The van der Waals surface area contributed by atoms with Gasteiger partial charge in [0.15, 0.2) is 0 Å². The number of nitrogens with zero attached hydrogens (tertiary/aromatic N) is 4. The molecule has 3 heterocycles. The third kappa shape index (κ3) is 6.19. The molecule has 37 heavy (non-hydrogen) atoms. The first-order chi connectivity index (χ1) is 18.0. The van der Waals surface area contributed by atoms with Gasteiger partial charge in [0.1, 0.15) is 6.04 Å². The van der Waals surface area contributed by atoms with Gasteiger partial charge in [-0.2, -0.15) is 0 Å². The number of hydrogen-bond acceptors (Lipinski definition) is 5. The number of carbonyl (C=O) groups is 3. The summed E-state index contributed by atoms with van der Waals surface area (Å²) in [5.74, 6) is 0.401. The van der Waals surface area contributed by atoms with Crippen molar-refractivity contribution >= 4 is 17.7 Å². The first-order valence-electron chi connectivity index (χ1n) is 13.8. The fourth-order valence-corrected chi connectivity index (χ4v) is 6.08. The molecule has 198 valence electrons. The molecule has 1 atom stereocenters. The molecule has 3 aliphatic rings. The lowest BCUT2D eigenvalue weighted by molar-refractivity contribution is -0.142. The molecule has 0 radical (unpaired) electrons. The van der Waals surface area contributed by atoms with Gasteiger partial charge < -0.3 is 15.5 Å². The van der Waals surface area contributed by atoms with Crippen LogP contribution in [0.4, 0.5) is 0 Å². The Labute approximate surface area is 218 Å². The van der Waals surface area contributed by atoms with Gasteiger partial charge in [-0.1, -0.05) is 48.4 Å². The largest absolute Gasteiger partial charge is 0.354 e. The Morgan fingerprint density at radius 2 is 1.78 bits per heavy atom. The summed E-state index contributed by atoms with van der Waals surface area (Å²) in [7, 11) is 0. The van der Waals surface area contributed by atoms with Crippen LogP contribution in [0.25, 0.3) is 0 Å². The van der Waals surface area contributed by atoms with Gasteiger partial charge in [-0.3, -0.25) is 19.1 Å². The fourth-order valence-electron chi connectivity index (χ4n) is 6.08. The minimum absolute atomic E-state index is 0.139. The number of nitrogens with one attached hydrogen (secondary N) is 2. The maximum absolute atomic E-state index is 14.0. The molecular formula is C28H38N6O3. The fraction of sp³-hybridized carbons (Fsp3) is 0.607. The standard InChI is InChI=1S/C28H38N6O3/c35-25(18-22-9-4-5-10-22)33-15-11-28(12-16-33)19-23-20-34(32-31-23)14-6-13-29-26(36)24(30-27(28)37)17-21-7-2-1-3-8-21/h1-3,7-8,20,22,24H,4-6,9-19H2,(H,29,36)(H,30,37)/t24-/m0/s1. The van der Waals surface area contributed by atoms with Crippen molar-refractivity contribution in [3.8, 4) is 0 Å². The van der Waals surface area contributed by atoms with E-state index < -0.39 is 11.5 Å². The van der Waals surface area contributed by atoms with E-state index in [1.54, 1.807) is 4.68 Å². The first-order valence-corrected chi connectivity index (χ1v) is 13.8. The van der Waals surface area contributed by atoms with Gasteiger partial charge in [-0.05, 0) is 43.6 Å². The Morgan fingerprint density at radius 3 is 2.54 bits per heavy atom. The van der Waals surface area contributed by atoms with Crippen LogP contribution in [0.5, 0.6) is 0 Å². The van der Waals surface area contributed by atoms with Gasteiger partial charge in [-0.15, -0.1) is 5.10 Å². The van der Waals surface area contributed by atoms with Crippen molar-refractivity contribution in [1.29, 1.82) is 0 Å². The maximum atomic E-state index is 14.0. The van der Waals surface area contributed by atoms with Gasteiger partial charge >= 0.3 is 0 Å². The lowest BCUT2D eigenvalue weighted by Gasteiger charge is -2.41. The molecule has 2 bridgehead atoms. The Balaban J connectivity index is 1.35. The number of fused-ring (bicyclic) bond motifs is 2. The molecule has 5 rings (SSSR count). The topological polar surface area (TPSA) is 109 Å². The van der Waals surface area contributed by atoms with E-state index in [0.29, 0.717) is 64.2 Å². The molecule has 2 aromatic rings. The third-order valence-electron chi connectivity index (χ3n) is 8.37. The minimum Gasteiger partial charge on any atom is -0.354 e. The van der Waals surface area contributed by atoms with E-state index in [9.17, 15) is 14.4 Å². The lowest BCUT2D eigenvalue weighted by Crippen LogP contribution is -2.56. The number of hydrogen-bond donors (Lipinski definition) is 2. The summed E-state index contributed by atoms with van der Waals surface area (Å²) in [6.07, 6.45) is 9.95. The molecule has 2 fully saturated rings. The molecule has 1 saturated heterocycles. The predicted molar refractivity (Wildman–Crippen MR) is 138 cm³/mol. The summed E-state index contributed by atoms with van der Waals surface area (Å²) in [6.45, 7) is 2.23. The van der Waals surface area contributed by atoms with Crippen LogP contribution < -0.4 is 10.6 Å². The van der Waals surface area contributed by atoms with Crippen LogP contribution in [0, 0.1) is 11.3 Å². The first kappa shape index (κ1) is 25.4. The number of aryl methyl sites for hydroxylation is 1. The van der Waals surface area contributed by atoms with E-state index in [-0.39, 0.29) is 17.7 Å². The Kier molecular flexibility index (Phi) is 7.86. The Morgan fingerprint density at radius 1 is 1.03 bits per heavy atom. The second-order valence-electron chi connectivity index (χ2n) is 11.0. The van der Waals surface area contributed by atoms with Crippen LogP contribution in [-0.2, 0) is 33.8 Å². The minimum atomic E-state index is -0.742. The van der Waals surface area contributed by atoms with Crippen LogP contribution in [-0.4, -0.2) is 63.3 Å². The van der Waals surface area contributed by atoms with E-state index in [2.05, 4.69) is 20.9 Å². The summed E-state index contributed by atoms with van der Waals surface area (Å²) >= 11 is 0. The number of benzene rings is 1. The summed E-state index contributed by atoms with van der Waals surface area (Å²) in [5, 5.41) is 14.7. The van der Waals surface area contributed by atoms with Crippen molar-refractivity contribution in [3.63, 3.8) is 0 Å². The zero-order valence-electron chi connectivity index (χ0n) is 21.5. The van der Waals surface area contributed by atoms with Crippen LogP contribution >= 0.6 is 0 Å². The van der Waals surface area contributed by atoms with Gasteiger partial charge in [-0.25, -0.2) is 0 Å². The highest BCUT2D eigenvalue weighted by Crippen LogP contribution is 2.37. The SMILES string of the molecule is O=C1NCCCn2cc(nn2)CC2(CCN(C(=O)CC3CCCC3)CC2)C(=O)N[C@H]1Cc1ccccc1. The molecule has 1 spiro atoms. The van der Waals surface area contributed by atoms with Crippen molar-refractivity contribution in [2.24, 2.45) is 11.3 Å². The molecule has 1 aromatic carbocycles. The van der Waals surface area contributed by atoms with Crippen molar-refractivity contribution in [1.82, 2.24) is 30.5 Å². The summed E-state index contributed by atoms with van der Waals surface area (Å²) < 4.78 is 1.78. The normalized spacial score (nSPS) is 23.0. The predicted octanol–water partition coefficient (Wildman–Crippen LogP) is 2.26. The van der Waals surface area contributed by atoms with E-state index in [4.69, 9.17) is 0 Å². The zero-order chi connectivity index (χ0) is 25.7. The van der Waals surface area contributed by atoms with E-state index >= 15 is 0 Å². The molecule has 1 saturated carbocycles. The van der Waals surface area contributed by atoms with Gasteiger partial charge in [0.05, 0.1) is 11.1 Å². The molecule has 0 unspecified atom stereocenters. The van der Waals surface area contributed by atoms with Crippen LogP contribution in [0.1, 0.15) is 62.6 Å². The molecular weight excluding hydrogens is 468 g/mol. The molecule has 1 aromatic heterocycles. The molecule has 9 nitrogen and oxygen atoms in total. The number of amides is 3. The highest BCUT2D eigenvalue weighted by molar-refractivity contribution is 5.90. The molecule has 3 amide bonds. The highest BCUT2D eigenvalue weighted by atomic mass is 16.2. The maximum Gasteiger partial charge on any atom is 0.242 e. The number of likely N-dealkylation sites (tertiary alicyclic amines) is 1. The van der Waals surface area contributed by atoms with Crippen molar-refractivity contribution in [3.05, 3.63) is 47.8 Å². The average molecular weight is 507 g/mol. The summed E-state index contributed by atoms with van der Waals surface area (Å²) in [6, 6.07) is 9.11. The third-order valence-corrected chi connectivity index (χ3v) is 8.37. The average Bonchev–Trinajstić information content (AvgIpc) is 3.58. The number of aromatic nitrogens is 3. The highest BCUT2D eigenvalue weighted by Gasteiger charge is 2.44. The molecule has 1 aliphatic carbocycles. The molecule has 2 aliphatic heterocycles. The Bertz CT molecular complexity index is 1090. The van der Waals surface area contributed by atoms with Crippen LogP contribution in [0.2, 0.25) is 0 Å². The van der Waals surface area contributed by atoms with Crippen LogP contribution in [0.3, 0.4) is 0 Å². The number of carbonyl (C=O) groups excluding carboxylic acids is 3. The molecule has 9 heteroatoms. The van der Waals surface area contributed by atoms with E-state index in [0.717, 1.165) is 30.5 Å². The van der Waals surface area contributed by atoms with Crippen LogP contribution in [0.15, 0.2) is 36.5 Å². The number of piperidine rings is 1. The second-order valence-corrected chi connectivity index (χ2v) is 11.0. The zero-order valence-corrected chi connectivity index (χ0v) is 21.5. The van der Waals surface area contributed by atoms with Crippen molar-refractivity contribution < 1.29 is 14.4 Å². The number of rotatable bonds is 4. The van der Waals surface area contributed by atoms with E-state index in [1.165, 1.54) is 12.8 Å². The van der Waals surface area contributed by atoms with Gasteiger partial charge in [0, 0.05) is 51.6 Å². The Hall–Kier alpha value is -3.23. The quantitative estimate of drug-likeness (QED) is 0.661. The van der Waals surface area contributed by atoms with E-state index in [1.807, 2.05) is 41.4 Å². The second kappa shape index (κ2) is 11.4. The van der Waals surface area contributed by atoms with Crippen molar-refractivity contribution in [2.75, 3.05) is 19.6 Å². The lowest BCUT2D eigenvalue weighted by atomic mass is 9.73. The molecule has 2 N–H and O–H groups in total. The monoisotopic (exact) mass is 506 g/mol.